The standard InChI is InChI=1S/C13H23N3O2/c1-16(8-9-17-2)7-6-15-13-5-4-11(18-3)10-12(13)14/h4-5,10,15H,6-9,14H2,1-3H3. The molecular formula is C13H23N3O2. The molecule has 1 aromatic carbocycles. The highest BCUT2D eigenvalue weighted by Crippen LogP contribution is 2.23. The number of nitrogens with one attached hydrogen (secondary N) is 1. The fourth-order valence-corrected chi connectivity index (χ4v) is 1.57. The van der Waals surface area contributed by atoms with Gasteiger partial charge in [-0.3, -0.25) is 0 Å². The number of nitrogens with two attached hydrogens (primary N) is 1. The molecule has 102 valence electrons. The fraction of sp³-hybridized carbons (Fsp3) is 0.538. The predicted molar refractivity (Wildman–Crippen MR) is 75.3 cm³/mol. The Bertz CT molecular complexity index is 358. The van der Waals surface area contributed by atoms with Crippen LogP contribution in [0.5, 0.6) is 5.75 Å². The molecule has 0 bridgehead atoms. The maximum absolute atomic E-state index is 5.92. The van der Waals surface area contributed by atoms with Crippen molar-refractivity contribution < 1.29 is 9.47 Å². The average molecular weight is 253 g/mol. The summed E-state index contributed by atoms with van der Waals surface area (Å²) in [6.45, 7) is 3.46. The molecule has 0 saturated carbocycles. The molecule has 18 heavy (non-hydrogen) atoms. The molecule has 0 amide bonds. The Hall–Kier alpha value is -1.46. The van der Waals surface area contributed by atoms with Crippen LogP contribution in [0.2, 0.25) is 0 Å². The summed E-state index contributed by atoms with van der Waals surface area (Å²) in [5, 5.41) is 3.31. The van der Waals surface area contributed by atoms with Gasteiger partial charge in [0.1, 0.15) is 5.75 Å². The number of anilines is 2. The van der Waals surface area contributed by atoms with Crippen LogP contribution in [0.1, 0.15) is 0 Å². The first-order chi connectivity index (χ1) is 8.67. The second kappa shape index (κ2) is 7.79. The number of methoxy groups -OCH3 is 2. The summed E-state index contributed by atoms with van der Waals surface area (Å²) in [6, 6.07) is 5.65. The SMILES string of the molecule is COCCN(C)CCNc1ccc(OC)cc1N. The van der Waals surface area contributed by atoms with E-state index < -0.39 is 0 Å². The molecule has 0 unspecified atom stereocenters. The summed E-state index contributed by atoms with van der Waals surface area (Å²) in [7, 11) is 5.41. The average Bonchev–Trinajstić information content (AvgIpc) is 2.38. The molecule has 1 rings (SSSR count). The van der Waals surface area contributed by atoms with Gasteiger partial charge in [-0.05, 0) is 19.2 Å². The zero-order valence-electron chi connectivity index (χ0n) is 11.4. The summed E-state index contributed by atoms with van der Waals surface area (Å²) in [4.78, 5) is 2.20. The third kappa shape index (κ3) is 4.81. The van der Waals surface area contributed by atoms with E-state index in [9.17, 15) is 0 Å². The number of hydrogen-bond donors (Lipinski definition) is 2. The molecule has 0 aliphatic heterocycles. The Morgan fingerprint density at radius 2 is 2.06 bits per heavy atom. The third-order valence-corrected chi connectivity index (χ3v) is 2.74. The Morgan fingerprint density at radius 3 is 2.67 bits per heavy atom. The summed E-state index contributed by atoms with van der Waals surface area (Å²) < 4.78 is 10.1. The highest BCUT2D eigenvalue weighted by molar-refractivity contribution is 5.68. The van der Waals surface area contributed by atoms with E-state index in [2.05, 4.69) is 17.3 Å². The monoisotopic (exact) mass is 253 g/mol. The Morgan fingerprint density at radius 1 is 1.28 bits per heavy atom. The topological polar surface area (TPSA) is 59.8 Å². The molecule has 3 N–H and O–H groups in total. The van der Waals surface area contributed by atoms with E-state index in [1.165, 1.54) is 0 Å². The Balaban J connectivity index is 2.35. The van der Waals surface area contributed by atoms with E-state index in [0.717, 1.165) is 37.7 Å². The van der Waals surface area contributed by atoms with Gasteiger partial charge >= 0.3 is 0 Å². The van der Waals surface area contributed by atoms with Crippen LogP contribution in [0.4, 0.5) is 11.4 Å². The minimum atomic E-state index is 0.703. The molecule has 5 heteroatoms. The molecular weight excluding hydrogens is 230 g/mol. The first-order valence-electron chi connectivity index (χ1n) is 6.02. The van der Waals surface area contributed by atoms with Crippen LogP contribution in [0, 0.1) is 0 Å². The summed E-state index contributed by atoms with van der Waals surface area (Å²) in [5.74, 6) is 0.773. The molecule has 0 heterocycles. The highest BCUT2D eigenvalue weighted by atomic mass is 16.5. The van der Waals surface area contributed by atoms with Gasteiger partial charge in [0.15, 0.2) is 0 Å². The zero-order chi connectivity index (χ0) is 13.4. The Labute approximate surface area is 109 Å². The smallest absolute Gasteiger partial charge is 0.121 e. The number of benzene rings is 1. The van der Waals surface area contributed by atoms with Crippen molar-refractivity contribution in [1.82, 2.24) is 4.90 Å². The first-order valence-corrected chi connectivity index (χ1v) is 6.02. The second-order valence-electron chi connectivity index (χ2n) is 4.18. The maximum Gasteiger partial charge on any atom is 0.121 e. The molecule has 0 spiro atoms. The molecule has 0 saturated heterocycles. The summed E-state index contributed by atoms with van der Waals surface area (Å²) in [6.07, 6.45) is 0. The van der Waals surface area contributed by atoms with E-state index >= 15 is 0 Å². The summed E-state index contributed by atoms with van der Waals surface area (Å²) >= 11 is 0. The van der Waals surface area contributed by atoms with Crippen molar-refractivity contribution in [2.45, 2.75) is 0 Å². The van der Waals surface area contributed by atoms with Gasteiger partial charge in [0.2, 0.25) is 0 Å². The molecule has 0 aliphatic carbocycles. The van der Waals surface area contributed by atoms with Crippen molar-refractivity contribution >= 4 is 11.4 Å². The quantitative estimate of drug-likeness (QED) is 0.683. The fourth-order valence-electron chi connectivity index (χ4n) is 1.57. The lowest BCUT2D eigenvalue weighted by Crippen LogP contribution is -2.28. The lowest BCUT2D eigenvalue weighted by molar-refractivity contribution is 0.163. The molecule has 0 aliphatic rings. The van der Waals surface area contributed by atoms with Crippen molar-refractivity contribution in [1.29, 1.82) is 0 Å². The first kappa shape index (κ1) is 14.6. The second-order valence-corrected chi connectivity index (χ2v) is 4.18. The Kier molecular flexibility index (Phi) is 6.32. The van der Waals surface area contributed by atoms with Crippen LogP contribution in [-0.4, -0.2) is 52.4 Å². The lowest BCUT2D eigenvalue weighted by Gasteiger charge is -2.17. The van der Waals surface area contributed by atoms with Gasteiger partial charge in [-0.2, -0.15) is 0 Å². The molecule has 5 nitrogen and oxygen atoms in total. The van der Waals surface area contributed by atoms with Crippen molar-refractivity contribution in [2.24, 2.45) is 0 Å². The minimum absolute atomic E-state index is 0.703. The maximum atomic E-state index is 5.92. The van der Waals surface area contributed by atoms with E-state index in [-0.39, 0.29) is 0 Å². The molecule has 0 fully saturated rings. The van der Waals surface area contributed by atoms with Crippen LogP contribution in [0.3, 0.4) is 0 Å². The van der Waals surface area contributed by atoms with E-state index in [1.54, 1.807) is 14.2 Å². The minimum Gasteiger partial charge on any atom is -0.497 e. The van der Waals surface area contributed by atoms with Gasteiger partial charge in [-0.1, -0.05) is 0 Å². The third-order valence-electron chi connectivity index (χ3n) is 2.74. The van der Waals surface area contributed by atoms with Crippen LogP contribution < -0.4 is 15.8 Å². The highest BCUT2D eigenvalue weighted by Gasteiger charge is 2.01. The number of nitrogen functional groups attached to an aromatic ring is 1. The predicted octanol–water partition coefficient (Wildman–Crippen LogP) is 1.27. The lowest BCUT2D eigenvalue weighted by atomic mass is 10.2. The largest absolute Gasteiger partial charge is 0.497 e. The van der Waals surface area contributed by atoms with Crippen LogP contribution in [0.25, 0.3) is 0 Å². The normalized spacial score (nSPS) is 10.7. The number of hydrogen-bond acceptors (Lipinski definition) is 5. The molecule has 1 aromatic rings. The van der Waals surface area contributed by atoms with Gasteiger partial charge in [0.05, 0.1) is 25.1 Å². The summed E-state index contributed by atoms with van der Waals surface area (Å²) in [5.41, 5.74) is 7.56. The van der Waals surface area contributed by atoms with E-state index in [4.69, 9.17) is 15.2 Å². The van der Waals surface area contributed by atoms with Gasteiger partial charge in [-0.15, -0.1) is 0 Å². The van der Waals surface area contributed by atoms with Crippen LogP contribution in [0.15, 0.2) is 18.2 Å². The van der Waals surface area contributed by atoms with Crippen molar-refractivity contribution in [3.63, 3.8) is 0 Å². The van der Waals surface area contributed by atoms with E-state index in [1.807, 2.05) is 18.2 Å². The van der Waals surface area contributed by atoms with Gasteiger partial charge in [-0.25, -0.2) is 0 Å². The molecule has 0 aromatic heterocycles. The van der Waals surface area contributed by atoms with Crippen molar-refractivity contribution in [3.05, 3.63) is 18.2 Å². The number of likely N-dealkylation sites (N-methyl/N-ethyl adjacent to an activating group) is 1. The van der Waals surface area contributed by atoms with E-state index in [0.29, 0.717) is 5.69 Å². The van der Waals surface area contributed by atoms with Crippen LogP contribution >= 0.6 is 0 Å². The van der Waals surface area contributed by atoms with Crippen LogP contribution in [-0.2, 0) is 4.74 Å². The molecule has 0 atom stereocenters. The van der Waals surface area contributed by atoms with Gasteiger partial charge in [0, 0.05) is 32.8 Å². The number of rotatable bonds is 8. The number of nitrogens with zero attached hydrogens (tertiary/aromatic N) is 1. The van der Waals surface area contributed by atoms with Gasteiger partial charge in [0.25, 0.3) is 0 Å². The van der Waals surface area contributed by atoms with Gasteiger partial charge < -0.3 is 25.4 Å². The number of ether oxygens (including phenoxy) is 2. The zero-order valence-corrected chi connectivity index (χ0v) is 11.4. The van der Waals surface area contributed by atoms with Crippen molar-refractivity contribution in [2.75, 3.05) is 58.6 Å². The van der Waals surface area contributed by atoms with Crippen molar-refractivity contribution in [3.8, 4) is 5.75 Å². The molecule has 0 radical (unpaired) electrons.